The zero-order valence-electron chi connectivity index (χ0n) is 2.84. The number of halogens is 3. The van der Waals surface area contributed by atoms with Crippen LogP contribution >= 0.6 is 33.2 Å². The zero-order chi connectivity index (χ0) is 4.71. The van der Waals surface area contributed by atoms with E-state index in [-0.39, 0.29) is 5.34 Å². The van der Waals surface area contributed by atoms with Gasteiger partial charge in [0.1, 0.15) is 0 Å². The van der Waals surface area contributed by atoms with Gasteiger partial charge in [0, 0.05) is 0 Å². The molecule has 0 aromatic carbocycles. The average molecular weight is 196 g/mol. The van der Waals surface area contributed by atoms with Gasteiger partial charge in [0.25, 0.3) is 0 Å². The number of alkyl halides is 2. The quantitative estimate of drug-likeness (QED) is 0.399. The van der Waals surface area contributed by atoms with Crippen molar-refractivity contribution in [1.29, 1.82) is 0 Å². The van der Waals surface area contributed by atoms with Crippen LogP contribution in [0, 0.1) is 0 Å². The van der Waals surface area contributed by atoms with E-state index in [9.17, 15) is 0 Å². The van der Waals surface area contributed by atoms with Crippen LogP contribution < -0.4 is 0 Å². The van der Waals surface area contributed by atoms with Crippen LogP contribution in [-0.4, -0.2) is 20.9 Å². The molecule has 0 fully saturated rings. The molecule has 0 heterocycles. The maximum absolute atomic E-state index is 4.83. The molecule has 0 bridgehead atoms. The fraction of sp³-hybridized carbons (Fsp3) is 1.00. The normalized spacial score (nSPS) is 5.40. The Labute approximate surface area is 54.2 Å². The third kappa shape index (κ3) is 31.6. The van der Waals surface area contributed by atoms with Crippen LogP contribution in [-0.2, 0) is 0 Å². The summed E-state index contributed by atoms with van der Waals surface area (Å²) in [5, 5.41) is 0.194. The summed E-state index contributed by atoms with van der Waals surface area (Å²) in [7, 11) is 4.83. The molecular weight excluding hydrogens is 191 g/mol. The van der Waals surface area contributed by atoms with Gasteiger partial charge in [-0.25, -0.2) is 0 Å². The molecule has 0 radical (unpaired) electrons. The van der Waals surface area contributed by atoms with Gasteiger partial charge in [0.2, 0.25) is 0 Å². The zero-order valence-corrected chi connectivity index (χ0v) is 9.30. The molecule has 0 spiro atoms. The van der Waals surface area contributed by atoms with Gasteiger partial charge >= 0.3 is 25.6 Å². The molecule has 4 heteroatoms. The first-order valence-electron chi connectivity index (χ1n) is 0.912. The van der Waals surface area contributed by atoms with Crippen LogP contribution in [0.5, 0.6) is 0 Å². The summed E-state index contributed by atoms with van der Waals surface area (Å²) in [6.45, 7) is 0. The van der Waals surface area contributed by atoms with Gasteiger partial charge < -0.3 is 0 Å². The van der Waals surface area contributed by atoms with Crippen molar-refractivity contribution in [2.75, 3.05) is 5.34 Å². The SMILES string of the molecule is ClCCl.[Cl][GeH3]. The Bertz CT molecular complexity index is 6.85. The van der Waals surface area contributed by atoms with Crippen LogP contribution in [0.1, 0.15) is 0 Å². The summed E-state index contributed by atoms with van der Waals surface area (Å²) >= 11 is 10.1. The summed E-state index contributed by atoms with van der Waals surface area (Å²) in [4.78, 5) is 0. The first-order valence-corrected chi connectivity index (χ1v) is 7.50. The Morgan fingerprint density at radius 3 is 1.20 bits per heavy atom. The van der Waals surface area contributed by atoms with Crippen molar-refractivity contribution in [3.05, 3.63) is 0 Å². The Hall–Kier alpha value is 1.41. The summed E-state index contributed by atoms with van der Waals surface area (Å²) in [6.07, 6.45) is 0. The van der Waals surface area contributed by atoms with Crippen molar-refractivity contribution in [3.8, 4) is 0 Å². The Kier molecular flexibility index (Phi) is 34.9. The molecule has 0 aliphatic heterocycles. The standard InChI is InChI=1S/CH2Cl2.ClGeH3/c2-1-3;1-2/h1H2;2H3. The molecule has 0 aliphatic rings. The van der Waals surface area contributed by atoms with Crippen LogP contribution in [0.4, 0.5) is 0 Å². The molecule has 0 saturated heterocycles. The molecule has 0 amide bonds. The third-order valence-corrected chi connectivity index (χ3v) is 0. The molecule has 0 unspecified atom stereocenters. The van der Waals surface area contributed by atoms with E-state index in [2.05, 4.69) is 0 Å². The van der Waals surface area contributed by atoms with Gasteiger partial charge in [-0.2, -0.15) is 0 Å². The van der Waals surface area contributed by atoms with Crippen molar-refractivity contribution in [3.63, 3.8) is 0 Å². The molecule has 34 valence electrons. The summed E-state index contributed by atoms with van der Waals surface area (Å²) in [5.74, 6) is 0. The molecule has 5 heavy (non-hydrogen) atoms. The van der Waals surface area contributed by atoms with Crippen molar-refractivity contribution in [2.45, 2.75) is 0 Å². The first kappa shape index (κ1) is 9.65. The molecule has 0 saturated carbocycles. The second-order valence-corrected chi connectivity index (χ2v) is 0.909. The second kappa shape index (κ2) is 18.1. The molecule has 0 N–H and O–H groups in total. The minimum absolute atomic E-state index is 0.194. The second-order valence-electron chi connectivity index (χ2n) is 0.101. The van der Waals surface area contributed by atoms with Gasteiger partial charge in [0.05, 0.1) is 5.34 Å². The van der Waals surface area contributed by atoms with E-state index in [1.807, 2.05) is 0 Å². The summed E-state index contributed by atoms with van der Waals surface area (Å²) < 4.78 is 0. The molecule has 0 aromatic heterocycles. The number of hydrogen-bond acceptors (Lipinski definition) is 0. The number of rotatable bonds is 0. The predicted molar refractivity (Wildman–Crippen MR) is 32.4 cm³/mol. The fourth-order valence-electron chi connectivity index (χ4n) is 0. The first-order chi connectivity index (χ1) is 2.41. The molecule has 0 rings (SSSR count). The average Bonchev–Trinajstić information content (AvgIpc) is 1.46. The minimum atomic E-state index is 0.194. The molecular formula is CH5Cl3Ge. The summed E-state index contributed by atoms with van der Waals surface area (Å²) in [5.41, 5.74) is 0. The van der Waals surface area contributed by atoms with E-state index in [0.29, 0.717) is 15.6 Å². The van der Waals surface area contributed by atoms with Gasteiger partial charge in [-0.3, -0.25) is 0 Å². The molecule has 0 aliphatic carbocycles. The van der Waals surface area contributed by atoms with E-state index >= 15 is 0 Å². The third-order valence-electron chi connectivity index (χ3n) is 0. The maximum atomic E-state index is 4.83. The number of hydrogen-bond donors (Lipinski definition) is 0. The van der Waals surface area contributed by atoms with Crippen molar-refractivity contribution < 1.29 is 0 Å². The van der Waals surface area contributed by atoms with E-state index in [0.717, 1.165) is 0 Å². The van der Waals surface area contributed by atoms with E-state index < -0.39 is 0 Å². The van der Waals surface area contributed by atoms with E-state index in [1.54, 1.807) is 0 Å². The van der Waals surface area contributed by atoms with Gasteiger partial charge in [0.15, 0.2) is 0 Å². The molecule has 0 atom stereocenters. The van der Waals surface area contributed by atoms with Crippen LogP contribution in [0.2, 0.25) is 0 Å². The van der Waals surface area contributed by atoms with Crippen LogP contribution in [0.3, 0.4) is 0 Å². The van der Waals surface area contributed by atoms with Crippen molar-refractivity contribution >= 4 is 48.8 Å². The van der Waals surface area contributed by atoms with Crippen LogP contribution in [0.25, 0.3) is 0 Å². The monoisotopic (exact) mass is 196 g/mol. The molecule has 0 aromatic rings. The Morgan fingerprint density at radius 1 is 1.20 bits per heavy atom. The van der Waals surface area contributed by atoms with Gasteiger partial charge in [-0.15, -0.1) is 23.2 Å². The van der Waals surface area contributed by atoms with Crippen molar-refractivity contribution in [2.24, 2.45) is 0 Å². The Morgan fingerprint density at radius 2 is 1.20 bits per heavy atom. The van der Waals surface area contributed by atoms with E-state index in [4.69, 9.17) is 33.2 Å². The summed E-state index contributed by atoms with van der Waals surface area (Å²) in [6, 6.07) is 0. The Balaban J connectivity index is 0. The van der Waals surface area contributed by atoms with Crippen LogP contribution in [0.15, 0.2) is 0 Å². The molecule has 0 nitrogen and oxygen atoms in total. The topological polar surface area (TPSA) is 0 Å². The van der Waals surface area contributed by atoms with Crippen molar-refractivity contribution in [1.82, 2.24) is 0 Å². The predicted octanol–water partition coefficient (Wildman–Crippen LogP) is 0.927. The van der Waals surface area contributed by atoms with Gasteiger partial charge in [-0.05, 0) is 0 Å². The van der Waals surface area contributed by atoms with Gasteiger partial charge in [-0.1, -0.05) is 0 Å². The van der Waals surface area contributed by atoms with E-state index in [1.165, 1.54) is 0 Å². The fourth-order valence-corrected chi connectivity index (χ4v) is 0.